The lowest BCUT2D eigenvalue weighted by molar-refractivity contribution is -0.125. The van der Waals surface area contributed by atoms with Crippen LogP contribution in [-0.4, -0.2) is 64.5 Å². The van der Waals surface area contributed by atoms with Crippen molar-refractivity contribution in [2.24, 2.45) is 5.92 Å². The number of anilines is 1. The molecule has 4 aromatic rings. The second kappa shape index (κ2) is 10.6. The summed E-state index contributed by atoms with van der Waals surface area (Å²) in [5.41, 5.74) is 3.87. The summed E-state index contributed by atoms with van der Waals surface area (Å²) in [6.45, 7) is 5.74. The molecular weight excluding hydrogens is 490 g/mol. The number of carbonyl (C=O) groups excluding carboxylic acids is 1. The van der Waals surface area contributed by atoms with E-state index in [1.54, 1.807) is 36.6 Å². The van der Waals surface area contributed by atoms with Crippen molar-refractivity contribution in [2.45, 2.75) is 20.3 Å². The van der Waals surface area contributed by atoms with E-state index >= 15 is 0 Å². The SMILES string of the molecule is COc1ccc(-c2nc(CCNC(=O)C3CN(c4cc(-n5nc(C)cc5C)ncn4)C3)cs2)cc1OC. The largest absolute Gasteiger partial charge is 0.493 e. The average Bonchev–Trinajstić information content (AvgIpc) is 3.48. The highest BCUT2D eigenvalue weighted by Crippen LogP contribution is 2.33. The van der Waals surface area contributed by atoms with Crippen LogP contribution in [0.15, 0.2) is 42.0 Å². The zero-order valence-corrected chi connectivity index (χ0v) is 22.1. The maximum Gasteiger partial charge on any atom is 0.226 e. The van der Waals surface area contributed by atoms with E-state index in [0.29, 0.717) is 37.6 Å². The fourth-order valence-corrected chi connectivity index (χ4v) is 5.15. The van der Waals surface area contributed by atoms with Gasteiger partial charge in [-0.05, 0) is 38.1 Å². The molecule has 0 aliphatic carbocycles. The number of carbonyl (C=O) groups is 1. The van der Waals surface area contributed by atoms with Gasteiger partial charge in [-0.3, -0.25) is 4.79 Å². The molecule has 10 nitrogen and oxygen atoms in total. The molecule has 4 heterocycles. The molecule has 0 spiro atoms. The molecule has 1 aliphatic heterocycles. The van der Waals surface area contributed by atoms with Gasteiger partial charge in [-0.15, -0.1) is 11.3 Å². The van der Waals surface area contributed by atoms with E-state index < -0.39 is 0 Å². The number of methoxy groups -OCH3 is 2. The molecule has 1 aliphatic rings. The number of ether oxygens (including phenoxy) is 2. The van der Waals surface area contributed by atoms with Crippen molar-refractivity contribution >= 4 is 23.1 Å². The predicted molar refractivity (Wildman–Crippen MR) is 142 cm³/mol. The first kappa shape index (κ1) is 24.7. The van der Waals surface area contributed by atoms with Crippen molar-refractivity contribution < 1.29 is 14.3 Å². The van der Waals surface area contributed by atoms with Crippen LogP contribution < -0.4 is 19.7 Å². The molecule has 3 aromatic heterocycles. The maximum absolute atomic E-state index is 12.7. The third kappa shape index (κ3) is 5.26. The van der Waals surface area contributed by atoms with Gasteiger partial charge in [-0.2, -0.15) is 5.10 Å². The predicted octanol–water partition coefficient (Wildman–Crippen LogP) is 3.21. The Labute approximate surface area is 219 Å². The van der Waals surface area contributed by atoms with Crippen molar-refractivity contribution in [3.63, 3.8) is 0 Å². The lowest BCUT2D eigenvalue weighted by atomic mass is 9.99. The number of rotatable bonds is 9. The van der Waals surface area contributed by atoms with Gasteiger partial charge in [0.2, 0.25) is 5.91 Å². The van der Waals surface area contributed by atoms with E-state index in [9.17, 15) is 4.79 Å². The quantitative estimate of drug-likeness (QED) is 0.359. The Hall–Kier alpha value is -3.99. The highest BCUT2D eigenvalue weighted by atomic mass is 32.1. The smallest absolute Gasteiger partial charge is 0.226 e. The molecule has 192 valence electrons. The maximum atomic E-state index is 12.7. The van der Waals surface area contributed by atoms with E-state index in [2.05, 4.69) is 25.3 Å². The van der Waals surface area contributed by atoms with Crippen LogP contribution in [0.25, 0.3) is 16.4 Å². The van der Waals surface area contributed by atoms with Crippen LogP contribution in [0.4, 0.5) is 5.82 Å². The average molecular weight is 520 g/mol. The molecule has 0 radical (unpaired) electrons. The summed E-state index contributed by atoms with van der Waals surface area (Å²) in [5.74, 6) is 2.86. The molecule has 0 saturated carbocycles. The molecule has 5 rings (SSSR count). The van der Waals surface area contributed by atoms with E-state index in [1.165, 1.54) is 0 Å². The first-order chi connectivity index (χ1) is 17.9. The summed E-state index contributed by atoms with van der Waals surface area (Å²) in [4.78, 5) is 28.2. The number of aromatic nitrogens is 5. The van der Waals surface area contributed by atoms with Crippen molar-refractivity contribution in [1.29, 1.82) is 0 Å². The summed E-state index contributed by atoms with van der Waals surface area (Å²) < 4.78 is 12.5. The van der Waals surface area contributed by atoms with Gasteiger partial charge in [-0.25, -0.2) is 19.6 Å². The standard InChI is InChI=1S/C26H29N7O3S/c1-16-9-17(2)33(31-16)24-11-23(28-15-29-24)32-12-19(13-32)25(34)27-8-7-20-14-37-26(30-20)18-5-6-21(35-3)22(10-18)36-4/h5-6,9-11,14-15,19H,7-8,12-13H2,1-4H3,(H,27,34). The van der Waals surface area contributed by atoms with Crippen LogP contribution in [0.2, 0.25) is 0 Å². The van der Waals surface area contributed by atoms with Crippen molar-refractivity contribution in [3.8, 4) is 27.9 Å². The number of nitrogens with zero attached hydrogens (tertiary/aromatic N) is 6. The van der Waals surface area contributed by atoms with Crippen LogP contribution in [0.3, 0.4) is 0 Å². The summed E-state index contributed by atoms with van der Waals surface area (Å²) in [6, 6.07) is 9.68. The minimum Gasteiger partial charge on any atom is -0.493 e. The van der Waals surface area contributed by atoms with Crippen molar-refractivity contribution in [3.05, 3.63) is 59.1 Å². The van der Waals surface area contributed by atoms with Crippen molar-refractivity contribution in [2.75, 3.05) is 38.8 Å². The first-order valence-electron chi connectivity index (χ1n) is 12.0. The number of hydrogen-bond donors (Lipinski definition) is 1. The topological polar surface area (TPSA) is 107 Å². The van der Waals surface area contributed by atoms with Gasteiger partial charge in [0, 0.05) is 48.8 Å². The van der Waals surface area contributed by atoms with Gasteiger partial charge in [0.25, 0.3) is 0 Å². The minimum absolute atomic E-state index is 0.0550. The van der Waals surface area contributed by atoms with Gasteiger partial charge < -0.3 is 19.7 Å². The zero-order valence-electron chi connectivity index (χ0n) is 21.3. The van der Waals surface area contributed by atoms with E-state index in [1.807, 2.05) is 49.6 Å². The van der Waals surface area contributed by atoms with Crippen LogP contribution in [0.5, 0.6) is 11.5 Å². The third-order valence-electron chi connectivity index (χ3n) is 6.30. The Balaban J connectivity index is 1.11. The van der Waals surface area contributed by atoms with Crippen molar-refractivity contribution in [1.82, 2.24) is 30.0 Å². The van der Waals surface area contributed by atoms with E-state index in [4.69, 9.17) is 14.5 Å². The third-order valence-corrected chi connectivity index (χ3v) is 7.24. The molecule has 1 N–H and O–H groups in total. The second-order valence-corrected chi connectivity index (χ2v) is 9.79. The van der Waals surface area contributed by atoms with E-state index in [0.717, 1.165) is 39.3 Å². The summed E-state index contributed by atoms with van der Waals surface area (Å²) in [6.07, 6.45) is 2.21. The zero-order chi connectivity index (χ0) is 25.9. The Morgan fingerprint density at radius 1 is 1.08 bits per heavy atom. The van der Waals surface area contributed by atoms with Gasteiger partial charge in [-0.1, -0.05) is 0 Å². The van der Waals surface area contributed by atoms with Gasteiger partial charge in [0.1, 0.15) is 17.2 Å². The number of aryl methyl sites for hydroxylation is 2. The minimum atomic E-state index is -0.0649. The van der Waals surface area contributed by atoms with Crippen LogP contribution >= 0.6 is 11.3 Å². The Bertz CT molecular complexity index is 1410. The van der Waals surface area contributed by atoms with Crippen LogP contribution in [0, 0.1) is 19.8 Å². The molecular formula is C26H29N7O3S. The molecule has 0 unspecified atom stereocenters. The first-order valence-corrected chi connectivity index (χ1v) is 12.9. The molecule has 1 fully saturated rings. The molecule has 1 saturated heterocycles. The van der Waals surface area contributed by atoms with Crippen LogP contribution in [0.1, 0.15) is 17.1 Å². The molecule has 37 heavy (non-hydrogen) atoms. The fraction of sp³-hybridized carbons (Fsp3) is 0.346. The molecule has 1 amide bonds. The lowest BCUT2D eigenvalue weighted by Gasteiger charge is -2.39. The Kier molecular flexibility index (Phi) is 7.04. The number of amides is 1. The number of nitrogens with one attached hydrogen (secondary N) is 1. The number of benzene rings is 1. The Morgan fingerprint density at radius 2 is 1.86 bits per heavy atom. The summed E-state index contributed by atoms with van der Waals surface area (Å²) in [7, 11) is 3.23. The molecule has 0 bridgehead atoms. The molecule has 11 heteroatoms. The monoisotopic (exact) mass is 519 g/mol. The van der Waals surface area contributed by atoms with E-state index in [-0.39, 0.29) is 11.8 Å². The van der Waals surface area contributed by atoms with Crippen LogP contribution in [-0.2, 0) is 11.2 Å². The lowest BCUT2D eigenvalue weighted by Crippen LogP contribution is -2.54. The number of thiazole rings is 1. The highest BCUT2D eigenvalue weighted by molar-refractivity contribution is 7.13. The van der Waals surface area contributed by atoms with Gasteiger partial charge in [0.05, 0.1) is 31.5 Å². The molecule has 0 atom stereocenters. The number of hydrogen-bond acceptors (Lipinski definition) is 9. The highest BCUT2D eigenvalue weighted by Gasteiger charge is 2.33. The van der Waals surface area contributed by atoms with Gasteiger partial charge in [0.15, 0.2) is 17.3 Å². The molecule has 1 aromatic carbocycles. The summed E-state index contributed by atoms with van der Waals surface area (Å²) >= 11 is 1.57. The van der Waals surface area contributed by atoms with Gasteiger partial charge >= 0.3 is 0 Å². The summed E-state index contributed by atoms with van der Waals surface area (Å²) in [5, 5.41) is 10.5. The Morgan fingerprint density at radius 3 is 2.59 bits per heavy atom. The fourth-order valence-electron chi connectivity index (χ4n) is 4.30. The normalized spacial score (nSPS) is 13.4. The second-order valence-electron chi connectivity index (χ2n) is 8.93.